The Balaban J connectivity index is 1.87. The Kier molecular flexibility index (Phi) is 4.49. The minimum Gasteiger partial charge on any atom is -0.508 e. The van der Waals surface area contributed by atoms with Crippen LogP contribution < -0.4 is 5.32 Å². The number of benzene rings is 1. The molecule has 0 saturated carbocycles. The summed E-state index contributed by atoms with van der Waals surface area (Å²) in [5.74, 6) is -0.0914. The Bertz CT molecular complexity index is 488. The number of amides is 1. The van der Waals surface area contributed by atoms with E-state index < -0.39 is 0 Å². The molecular formula is C15H22N2O3. The summed E-state index contributed by atoms with van der Waals surface area (Å²) < 4.78 is 0. The second-order valence-electron chi connectivity index (χ2n) is 5.65. The second-order valence-corrected chi connectivity index (χ2v) is 5.65. The molecule has 1 saturated heterocycles. The van der Waals surface area contributed by atoms with E-state index in [1.807, 2.05) is 0 Å². The van der Waals surface area contributed by atoms with E-state index in [9.17, 15) is 15.0 Å². The van der Waals surface area contributed by atoms with Crippen molar-refractivity contribution in [3.63, 3.8) is 0 Å². The van der Waals surface area contributed by atoms with E-state index in [1.54, 1.807) is 0 Å². The van der Waals surface area contributed by atoms with Crippen molar-refractivity contribution in [2.45, 2.75) is 26.3 Å². The molecule has 0 aliphatic carbocycles. The number of carbonyl (C=O) groups is 1. The van der Waals surface area contributed by atoms with Crippen LogP contribution in [0.5, 0.6) is 11.5 Å². The molecule has 1 aromatic carbocycles. The van der Waals surface area contributed by atoms with Gasteiger partial charge in [-0.25, -0.2) is 0 Å². The lowest BCUT2D eigenvalue weighted by molar-refractivity contribution is 0.0944. The predicted molar refractivity (Wildman–Crippen MR) is 76.9 cm³/mol. The highest BCUT2D eigenvalue weighted by atomic mass is 16.3. The minimum atomic E-state index is -0.300. The van der Waals surface area contributed by atoms with Gasteiger partial charge in [-0.2, -0.15) is 0 Å². The number of hydrogen-bond donors (Lipinski definition) is 3. The average molecular weight is 278 g/mol. The highest BCUT2D eigenvalue weighted by molar-refractivity contribution is 5.96. The molecule has 1 aromatic rings. The summed E-state index contributed by atoms with van der Waals surface area (Å²) in [4.78, 5) is 14.4. The number of aromatic hydroxyl groups is 2. The van der Waals surface area contributed by atoms with E-state index in [4.69, 9.17) is 0 Å². The summed E-state index contributed by atoms with van der Waals surface area (Å²) >= 11 is 0. The molecule has 5 nitrogen and oxygen atoms in total. The van der Waals surface area contributed by atoms with Crippen molar-refractivity contribution in [1.29, 1.82) is 0 Å². The molecule has 0 radical (unpaired) electrons. The number of nitrogens with zero attached hydrogens (tertiary/aromatic N) is 1. The number of hydrogen-bond acceptors (Lipinski definition) is 4. The zero-order chi connectivity index (χ0) is 14.7. The third-order valence-corrected chi connectivity index (χ3v) is 3.82. The molecule has 0 spiro atoms. The normalized spacial score (nSPS) is 19.4. The number of rotatable bonds is 4. The van der Waals surface area contributed by atoms with Crippen LogP contribution in [0.2, 0.25) is 0 Å². The summed E-state index contributed by atoms with van der Waals surface area (Å²) in [5.41, 5.74) is 0.196. The standard InChI is InChI=1S/C15H22N2O3/c1-10(2)17-6-5-11(9-17)8-16-15(20)13-4-3-12(18)7-14(13)19/h3-4,7,10-11,18-19H,5-6,8-9H2,1-2H3,(H,16,20). The summed E-state index contributed by atoms with van der Waals surface area (Å²) in [6.07, 6.45) is 1.08. The Hall–Kier alpha value is -1.75. The fourth-order valence-electron chi connectivity index (χ4n) is 2.54. The van der Waals surface area contributed by atoms with Crippen molar-refractivity contribution in [2.75, 3.05) is 19.6 Å². The predicted octanol–water partition coefficient (Wildman–Crippen LogP) is 1.56. The van der Waals surface area contributed by atoms with Crippen LogP contribution in [0.25, 0.3) is 0 Å². The van der Waals surface area contributed by atoms with Gasteiger partial charge in [0.2, 0.25) is 0 Å². The lowest BCUT2D eigenvalue weighted by Crippen LogP contribution is -2.33. The first-order valence-corrected chi connectivity index (χ1v) is 7.01. The van der Waals surface area contributed by atoms with Gasteiger partial charge in [0.05, 0.1) is 5.56 Å². The molecule has 0 bridgehead atoms. The van der Waals surface area contributed by atoms with E-state index in [0.717, 1.165) is 19.5 Å². The molecule has 110 valence electrons. The highest BCUT2D eigenvalue weighted by Gasteiger charge is 2.24. The lowest BCUT2D eigenvalue weighted by Gasteiger charge is -2.20. The fourth-order valence-corrected chi connectivity index (χ4v) is 2.54. The summed E-state index contributed by atoms with van der Waals surface area (Å²) in [5, 5.41) is 21.7. The van der Waals surface area contributed by atoms with Crippen molar-refractivity contribution in [2.24, 2.45) is 5.92 Å². The molecule has 1 aliphatic heterocycles. The van der Waals surface area contributed by atoms with E-state index in [0.29, 0.717) is 18.5 Å². The zero-order valence-electron chi connectivity index (χ0n) is 12.0. The molecule has 1 heterocycles. The van der Waals surface area contributed by atoms with Crippen molar-refractivity contribution >= 4 is 5.91 Å². The molecule has 2 rings (SSSR count). The molecule has 1 aliphatic rings. The SMILES string of the molecule is CC(C)N1CCC(CNC(=O)c2ccc(O)cc2O)C1. The second kappa shape index (κ2) is 6.13. The molecule has 5 heteroatoms. The van der Waals surface area contributed by atoms with Crippen LogP contribution >= 0.6 is 0 Å². The van der Waals surface area contributed by atoms with Gasteiger partial charge in [-0.3, -0.25) is 4.79 Å². The van der Waals surface area contributed by atoms with Gasteiger partial charge in [-0.05, 0) is 44.9 Å². The molecule has 1 fully saturated rings. The number of likely N-dealkylation sites (tertiary alicyclic amines) is 1. The van der Waals surface area contributed by atoms with Crippen LogP contribution in [-0.4, -0.2) is 46.7 Å². The number of nitrogens with one attached hydrogen (secondary N) is 1. The fraction of sp³-hybridized carbons (Fsp3) is 0.533. The van der Waals surface area contributed by atoms with Gasteiger partial charge < -0.3 is 20.4 Å². The first-order valence-electron chi connectivity index (χ1n) is 7.01. The van der Waals surface area contributed by atoms with Crippen LogP contribution in [0.3, 0.4) is 0 Å². The van der Waals surface area contributed by atoms with Crippen LogP contribution in [0.4, 0.5) is 0 Å². The smallest absolute Gasteiger partial charge is 0.255 e. The van der Waals surface area contributed by atoms with Gasteiger partial charge >= 0.3 is 0 Å². The Labute approximate surface area is 119 Å². The maximum absolute atomic E-state index is 12.0. The maximum Gasteiger partial charge on any atom is 0.255 e. The zero-order valence-corrected chi connectivity index (χ0v) is 12.0. The maximum atomic E-state index is 12.0. The topological polar surface area (TPSA) is 72.8 Å². The van der Waals surface area contributed by atoms with Crippen LogP contribution in [0, 0.1) is 5.92 Å². The molecule has 1 amide bonds. The van der Waals surface area contributed by atoms with Gasteiger partial charge in [0.15, 0.2) is 0 Å². The van der Waals surface area contributed by atoms with Crippen LogP contribution in [-0.2, 0) is 0 Å². The van der Waals surface area contributed by atoms with Gasteiger partial charge in [-0.15, -0.1) is 0 Å². The Morgan fingerprint density at radius 1 is 1.45 bits per heavy atom. The lowest BCUT2D eigenvalue weighted by atomic mass is 10.1. The van der Waals surface area contributed by atoms with Gasteiger partial charge in [0, 0.05) is 25.2 Å². The Morgan fingerprint density at radius 2 is 2.20 bits per heavy atom. The summed E-state index contributed by atoms with van der Waals surface area (Å²) in [7, 11) is 0. The van der Waals surface area contributed by atoms with Crippen LogP contribution in [0.15, 0.2) is 18.2 Å². The number of phenolic OH excluding ortho intramolecular Hbond substituents is 2. The van der Waals surface area contributed by atoms with E-state index in [2.05, 4.69) is 24.1 Å². The van der Waals surface area contributed by atoms with E-state index in [1.165, 1.54) is 18.2 Å². The summed E-state index contributed by atoms with van der Waals surface area (Å²) in [6, 6.07) is 4.53. The van der Waals surface area contributed by atoms with Gasteiger partial charge in [0.25, 0.3) is 5.91 Å². The van der Waals surface area contributed by atoms with Crippen molar-refractivity contribution in [3.05, 3.63) is 23.8 Å². The molecule has 0 aromatic heterocycles. The van der Waals surface area contributed by atoms with Gasteiger partial charge in [0.1, 0.15) is 11.5 Å². The van der Waals surface area contributed by atoms with Gasteiger partial charge in [-0.1, -0.05) is 0 Å². The summed E-state index contributed by atoms with van der Waals surface area (Å²) in [6.45, 7) is 7.04. The van der Waals surface area contributed by atoms with E-state index in [-0.39, 0.29) is 23.0 Å². The highest BCUT2D eigenvalue weighted by Crippen LogP contribution is 2.23. The molecular weight excluding hydrogens is 256 g/mol. The largest absolute Gasteiger partial charge is 0.508 e. The van der Waals surface area contributed by atoms with Crippen molar-refractivity contribution < 1.29 is 15.0 Å². The third kappa shape index (κ3) is 3.42. The van der Waals surface area contributed by atoms with Crippen LogP contribution in [0.1, 0.15) is 30.6 Å². The first kappa shape index (κ1) is 14.7. The first-order chi connectivity index (χ1) is 9.47. The number of carbonyl (C=O) groups excluding carboxylic acids is 1. The monoisotopic (exact) mass is 278 g/mol. The quantitative estimate of drug-likeness (QED) is 0.781. The third-order valence-electron chi connectivity index (χ3n) is 3.82. The molecule has 3 N–H and O–H groups in total. The van der Waals surface area contributed by atoms with Crippen molar-refractivity contribution in [3.8, 4) is 11.5 Å². The molecule has 1 unspecified atom stereocenters. The van der Waals surface area contributed by atoms with Crippen molar-refractivity contribution in [1.82, 2.24) is 10.2 Å². The number of phenols is 2. The molecule has 20 heavy (non-hydrogen) atoms. The minimum absolute atomic E-state index is 0.0533. The average Bonchev–Trinajstić information content (AvgIpc) is 2.85. The van der Waals surface area contributed by atoms with E-state index >= 15 is 0 Å². The molecule has 1 atom stereocenters. The Morgan fingerprint density at radius 3 is 2.80 bits per heavy atom.